The number of thiazole rings is 1. The summed E-state index contributed by atoms with van der Waals surface area (Å²) in [6, 6.07) is 0.474. The molecule has 0 radical (unpaired) electrons. The number of nitrogens with zero attached hydrogens (tertiary/aromatic N) is 3. The van der Waals surface area contributed by atoms with Crippen LogP contribution in [0.15, 0.2) is 5.38 Å². The van der Waals surface area contributed by atoms with E-state index in [1.165, 1.54) is 12.8 Å². The zero-order chi connectivity index (χ0) is 20.0. The van der Waals surface area contributed by atoms with E-state index in [0.29, 0.717) is 38.4 Å². The minimum Gasteiger partial charge on any atom is -0.383 e. The van der Waals surface area contributed by atoms with E-state index in [4.69, 9.17) is 9.72 Å². The Morgan fingerprint density at radius 2 is 2.14 bits per heavy atom. The van der Waals surface area contributed by atoms with Crippen LogP contribution in [0.25, 0.3) is 0 Å². The molecule has 2 aliphatic rings. The number of hydrogen-bond acceptors (Lipinski definition) is 6. The lowest BCUT2D eigenvalue weighted by atomic mass is 9.88. The fraction of sp³-hybridized carbons (Fsp3) is 0.810. The first-order valence-electron chi connectivity index (χ1n) is 10.7. The zero-order valence-electron chi connectivity index (χ0n) is 17.4. The molecule has 7 heteroatoms. The van der Waals surface area contributed by atoms with Crippen molar-refractivity contribution in [2.24, 2.45) is 0 Å². The van der Waals surface area contributed by atoms with Gasteiger partial charge < -0.3 is 14.7 Å². The van der Waals surface area contributed by atoms with Gasteiger partial charge in [0.1, 0.15) is 10.6 Å². The number of rotatable bonds is 9. The van der Waals surface area contributed by atoms with Crippen molar-refractivity contribution in [3.63, 3.8) is 0 Å². The number of carbonyl (C=O) groups is 1. The second kappa shape index (κ2) is 10.1. The molecule has 3 rings (SSSR count). The van der Waals surface area contributed by atoms with Gasteiger partial charge in [0.15, 0.2) is 0 Å². The fourth-order valence-corrected chi connectivity index (χ4v) is 5.23. The van der Waals surface area contributed by atoms with Crippen molar-refractivity contribution in [1.29, 1.82) is 0 Å². The Morgan fingerprint density at radius 1 is 1.36 bits per heavy atom. The molecule has 0 aliphatic carbocycles. The smallest absolute Gasteiger partial charge is 0.222 e. The molecule has 0 aromatic carbocycles. The van der Waals surface area contributed by atoms with Crippen LogP contribution in [0.1, 0.15) is 69.0 Å². The maximum atomic E-state index is 12.3. The average Bonchev–Trinajstić information content (AvgIpc) is 3.33. The molecule has 1 aromatic heterocycles. The topological polar surface area (TPSA) is 65.9 Å². The first-order valence-corrected chi connectivity index (χ1v) is 11.6. The van der Waals surface area contributed by atoms with Gasteiger partial charge in [-0.2, -0.15) is 0 Å². The van der Waals surface area contributed by atoms with Gasteiger partial charge in [0.05, 0.1) is 18.8 Å². The van der Waals surface area contributed by atoms with Gasteiger partial charge in [-0.15, -0.1) is 11.3 Å². The van der Waals surface area contributed by atoms with Crippen molar-refractivity contribution in [3.8, 4) is 0 Å². The highest BCUT2D eigenvalue weighted by Gasteiger charge is 2.37. The van der Waals surface area contributed by atoms with E-state index in [-0.39, 0.29) is 5.91 Å². The average molecular weight is 410 g/mol. The molecule has 158 valence electrons. The van der Waals surface area contributed by atoms with Crippen LogP contribution >= 0.6 is 11.3 Å². The summed E-state index contributed by atoms with van der Waals surface area (Å²) in [7, 11) is 1.76. The summed E-state index contributed by atoms with van der Waals surface area (Å²) in [4.78, 5) is 21.4. The van der Waals surface area contributed by atoms with E-state index in [0.717, 1.165) is 49.7 Å². The fourth-order valence-electron chi connectivity index (χ4n) is 4.32. The van der Waals surface area contributed by atoms with Gasteiger partial charge in [0, 0.05) is 38.0 Å². The van der Waals surface area contributed by atoms with Crippen molar-refractivity contribution in [2.75, 3.05) is 33.4 Å². The lowest BCUT2D eigenvalue weighted by Crippen LogP contribution is -2.45. The number of aliphatic hydroxyl groups is 1. The maximum absolute atomic E-state index is 12.3. The summed E-state index contributed by atoms with van der Waals surface area (Å²) in [5, 5.41) is 14.2. The van der Waals surface area contributed by atoms with Gasteiger partial charge in [0.2, 0.25) is 5.91 Å². The molecule has 1 atom stereocenters. The quantitative estimate of drug-likeness (QED) is 0.635. The Balaban J connectivity index is 1.53. The third-order valence-electron chi connectivity index (χ3n) is 6.16. The summed E-state index contributed by atoms with van der Waals surface area (Å²) in [5.41, 5.74) is -0.112. The Labute approximate surface area is 172 Å². The molecule has 0 saturated carbocycles. The molecule has 0 spiro atoms. The summed E-state index contributed by atoms with van der Waals surface area (Å²) in [6.07, 6.45) is 7.36. The Hall–Kier alpha value is -1.02. The Morgan fingerprint density at radius 3 is 2.86 bits per heavy atom. The first kappa shape index (κ1) is 21.7. The van der Waals surface area contributed by atoms with Crippen LogP contribution < -0.4 is 0 Å². The molecule has 28 heavy (non-hydrogen) atoms. The number of carbonyl (C=O) groups excluding carboxylic acids is 1. The molecule has 2 fully saturated rings. The van der Waals surface area contributed by atoms with Crippen LogP contribution in [0.3, 0.4) is 0 Å². The second-order valence-electron chi connectivity index (χ2n) is 8.22. The molecular formula is C21H35N3O3S. The van der Waals surface area contributed by atoms with Crippen molar-refractivity contribution in [3.05, 3.63) is 16.1 Å². The van der Waals surface area contributed by atoms with Crippen molar-refractivity contribution in [1.82, 2.24) is 14.8 Å². The van der Waals surface area contributed by atoms with Crippen LogP contribution in [0.4, 0.5) is 0 Å². The molecule has 1 N–H and O–H groups in total. The van der Waals surface area contributed by atoms with E-state index in [1.807, 2.05) is 10.3 Å². The standard InChI is InChI=1S/C21H35N3O3S/c1-3-4-5-8-20(25)23-12-9-21(26,10-13-23)18-16-28-19(22-18)14-24-11-6-7-17(24)15-27-2/h16-17,26H,3-15H2,1-2H3. The number of methoxy groups -OCH3 is 1. The minimum atomic E-state index is -0.897. The van der Waals surface area contributed by atoms with E-state index in [9.17, 15) is 9.90 Å². The maximum Gasteiger partial charge on any atom is 0.222 e. The normalized spacial score (nSPS) is 22.7. The number of unbranched alkanes of at least 4 members (excludes halogenated alkanes) is 2. The third-order valence-corrected chi connectivity index (χ3v) is 7.00. The number of piperidine rings is 1. The number of amides is 1. The van der Waals surface area contributed by atoms with Crippen molar-refractivity contribution >= 4 is 17.2 Å². The number of likely N-dealkylation sites (tertiary alicyclic amines) is 2. The molecule has 6 nitrogen and oxygen atoms in total. The van der Waals surface area contributed by atoms with Crippen molar-refractivity contribution in [2.45, 2.75) is 76.5 Å². The predicted molar refractivity (Wildman–Crippen MR) is 111 cm³/mol. The Bertz CT molecular complexity index is 628. The molecule has 0 bridgehead atoms. The van der Waals surface area contributed by atoms with E-state index < -0.39 is 5.60 Å². The van der Waals surface area contributed by atoms with E-state index >= 15 is 0 Å². The molecular weight excluding hydrogens is 374 g/mol. The number of ether oxygens (including phenoxy) is 1. The van der Waals surface area contributed by atoms with Crippen LogP contribution in [0.5, 0.6) is 0 Å². The Kier molecular flexibility index (Phi) is 7.85. The van der Waals surface area contributed by atoms with Gasteiger partial charge in [-0.05, 0) is 38.6 Å². The second-order valence-corrected chi connectivity index (χ2v) is 9.16. The first-order chi connectivity index (χ1) is 13.6. The molecule has 2 saturated heterocycles. The third kappa shape index (κ3) is 5.32. The van der Waals surface area contributed by atoms with Crippen LogP contribution in [0.2, 0.25) is 0 Å². The number of aromatic nitrogens is 1. The highest BCUT2D eigenvalue weighted by atomic mass is 32.1. The highest BCUT2D eigenvalue weighted by molar-refractivity contribution is 7.09. The lowest BCUT2D eigenvalue weighted by molar-refractivity contribution is -0.136. The molecule has 3 heterocycles. The molecule has 2 aliphatic heterocycles. The van der Waals surface area contributed by atoms with Crippen LogP contribution in [-0.2, 0) is 21.7 Å². The SMILES string of the molecule is CCCCCC(=O)N1CCC(O)(c2csc(CN3CCCC3COC)n2)CC1. The van der Waals surface area contributed by atoms with Gasteiger partial charge in [-0.1, -0.05) is 19.8 Å². The van der Waals surface area contributed by atoms with Gasteiger partial charge in [-0.25, -0.2) is 4.98 Å². The van der Waals surface area contributed by atoms with Gasteiger partial charge >= 0.3 is 0 Å². The predicted octanol–water partition coefficient (Wildman–Crippen LogP) is 3.14. The molecule has 1 unspecified atom stereocenters. The summed E-state index contributed by atoms with van der Waals surface area (Å²) >= 11 is 1.64. The summed E-state index contributed by atoms with van der Waals surface area (Å²) in [6.45, 7) is 6.07. The lowest BCUT2D eigenvalue weighted by Gasteiger charge is -2.37. The van der Waals surface area contributed by atoms with E-state index in [2.05, 4.69) is 11.8 Å². The number of hydrogen-bond donors (Lipinski definition) is 1. The van der Waals surface area contributed by atoms with Crippen molar-refractivity contribution < 1.29 is 14.6 Å². The van der Waals surface area contributed by atoms with Crippen LogP contribution in [-0.4, -0.2) is 65.2 Å². The largest absolute Gasteiger partial charge is 0.383 e. The summed E-state index contributed by atoms with van der Waals surface area (Å²) in [5.74, 6) is 0.229. The zero-order valence-corrected chi connectivity index (χ0v) is 18.2. The van der Waals surface area contributed by atoms with E-state index in [1.54, 1.807) is 18.4 Å². The van der Waals surface area contributed by atoms with Gasteiger partial charge in [0.25, 0.3) is 0 Å². The molecule has 1 aromatic rings. The minimum absolute atomic E-state index is 0.229. The van der Waals surface area contributed by atoms with Crippen LogP contribution in [0, 0.1) is 0 Å². The molecule has 1 amide bonds. The van der Waals surface area contributed by atoms with Gasteiger partial charge in [-0.3, -0.25) is 9.69 Å². The highest BCUT2D eigenvalue weighted by Crippen LogP contribution is 2.34. The monoisotopic (exact) mass is 409 g/mol. The summed E-state index contributed by atoms with van der Waals surface area (Å²) < 4.78 is 5.34.